The third-order valence-electron chi connectivity index (χ3n) is 3.50. The second-order valence-corrected chi connectivity index (χ2v) is 6.29. The lowest BCUT2D eigenvalue weighted by Crippen LogP contribution is -2.24. The Morgan fingerprint density at radius 1 is 1.17 bits per heavy atom. The number of hydrogen-bond acceptors (Lipinski definition) is 2. The third-order valence-corrected chi connectivity index (χ3v) is 4.66. The normalized spacial score (nSPS) is 11.0. The standard InChI is InChI=1S/C15H15Cl3N2O3/c1-20-11-7-10(17)9(16)6-8(11)13(14(20)18)15(23)19-5-3-2-4-12(21)22/h6-7H,2-5H2,1H3,(H,19,23)(H,21,22). The largest absolute Gasteiger partial charge is 0.481 e. The van der Waals surface area contributed by atoms with Gasteiger partial charge in [-0.05, 0) is 25.0 Å². The van der Waals surface area contributed by atoms with E-state index in [4.69, 9.17) is 39.9 Å². The summed E-state index contributed by atoms with van der Waals surface area (Å²) in [7, 11) is 1.73. The van der Waals surface area contributed by atoms with E-state index in [1.807, 2.05) is 0 Å². The fourth-order valence-corrected chi connectivity index (χ4v) is 2.91. The number of halogens is 3. The van der Waals surface area contributed by atoms with Crippen LogP contribution in [0.25, 0.3) is 10.9 Å². The van der Waals surface area contributed by atoms with Crippen LogP contribution in [0.3, 0.4) is 0 Å². The van der Waals surface area contributed by atoms with Gasteiger partial charge in [0.2, 0.25) is 0 Å². The predicted octanol–water partition coefficient (Wildman–Crippen LogP) is 4.12. The van der Waals surface area contributed by atoms with E-state index in [-0.39, 0.29) is 12.3 Å². The van der Waals surface area contributed by atoms with Crippen molar-refractivity contribution in [1.82, 2.24) is 9.88 Å². The molecule has 2 N–H and O–H groups in total. The number of aryl methyl sites for hydroxylation is 1. The number of carboxylic acid groups (broad SMARTS) is 1. The topological polar surface area (TPSA) is 71.3 Å². The predicted molar refractivity (Wildman–Crippen MR) is 91.8 cm³/mol. The molecule has 23 heavy (non-hydrogen) atoms. The van der Waals surface area contributed by atoms with Gasteiger partial charge in [0.25, 0.3) is 5.91 Å². The van der Waals surface area contributed by atoms with E-state index >= 15 is 0 Å². The molecule has 0 fully saturated rings. The molecule has 1 aromatic heterocycles. The molecule has 1 amide bonds. The van der Waals surface area contributed by atoms with E-state index < -0.39 is 5.97 Å². The van der Waals surface area contributed by atoms with Crippen molar-refractivity contribution >= 4 is 57.6 Å². The second kappa shape index (κ2) is 7.43. The minimum absolute atomic E-state index is 0.0823. The number of hydrogen-bond donors (Lipinski definition) is 2. The molecule has 0 radical (unpaired) electrons. The van der Waals surface area contributed by atoms with Crippen molar-refractivity contribution in [2.24, 2.45) is 7.05 Å². The number of rotatable bonds is 6. The molecule has 5 nitrogen and oxygen atoms in total. The highest BCUT2D eigenvalue weighted by atomic mass is 35.5. The zero-order valence-electron chi connectivity index (χ0n) is 12.3. The number of nitrogens with one attached hydrogen (secondary N) is 1. The Labute approximate surface area is 148 Å². The molecule has 0 saturated heterocycles. The maximum Gasteiger partial charge on any atom is 0.303 e. The first-order valence-corrected chi connectivity index (χ1v) is 8.09. The molecule has 2 rings (SSSR count). The van der Waals surface area contributed by atoms with Crippen LogP contribution in [0.2, 0.25) is 15.2 Å². The summed E-state index contributed by atoms with van der Waals surface area (Å²) in [6, 6.07) is 3.28. The number of aromatic nitrogens is 1. The molecule has 1 aromatic carbocycles. The van der Waals surface area contributed by atoms with Crippen molar-refractivity contribution in [3.05, 3.63) is 32.9 Å². The lowest BCUT2D eigenvalue weighted by molar-refractivity contribution is -0.137. The molecule has 2 aromatic rings. The van der Waals surface area contributed by atoms with Gasteiger partial charge < -0.3 is 15.0 Å². The molecule has 0 unspecified atom stereocenters. The van der Waals surface area contributed by atoms with Crippen LogP contribution >= 0.6 is 34.8 Å². The van der Waals surface area contributed by atoms with Crippen LogP contribution in [0.1, 0.15) is 29.6 Å². The summed E-state index contributed by atoms with van der Waals surface area (Å²) in [5, 5.41) is 13.0. The van der Waals surface area contributed by atoms with Gasteiger partial charge in [-0.1, -0.05) is 34.8 Å². The summed E-state index contributed by atoms with van der Waals surface area (Å²) in [4.78, 5) is 22.8. The third kappa shape index (κ3) is 3.91. The first kappa shape index (κ1) is 17.9. The monoisotopic (exact) mass is 376 g/mol. The lowest BCUT2D eigenvalue weighted by Gasteiger charge is -2.05. The Hall–Kier alpha value is -1.43. The van der Waals surface area contributed by atoms with Crippen LogP contribution in [0.4, 0.5) is 0 Å². The zero-order chi connectivity index (χ0) is 17.1. The number of aliphatic carboxylic acids is 1. The van der Waals surface area contributed by atoms with E-state index in [1.165, 1.54) is 0 Å². The number of unbranched alkanes of at least 4 members (excludes halogenated alkanes) is 1. The number of carbonyl (C=O) groups is 2. The Bertz CT molecular complexity index is 771. The van der Waals surface area contributed by atoms with Crippen LogP contribution in [0, 0.1) is 0 Å². The van der Waals surface area contributed by atoms with Crippen molar-refractivity contribution in [1.29, 1.82) is 0 Å². The van der Waals surface area contributed by atoms with Crippen molar-refractivity contribution < 1.29 is 14.7 Å². The number of carbonyl (C=O) groups excluding carboxylic acids is 1. The van der Waals surface area contributed by atoms with Gasteiger partial charge >= 0.3 is 5.97 Å². The zero-order valence-corrected chi connectivity index (χ0v) is 14.6. The molecule has 0 saturated carbocycles. The molecule has 1 heterocycles. The molecule has 8 heteroatoms. The van der Waals surface area contributed by atoms with Gasteiger partial charge in [-0.2, -0.15) is 0 Å². The summed E-state index contributed by atoms with van der Waals surface area (Å²) in [5.41, 5.74) is 1.04. The van der Waals surface area contributed by atoms with Crippen molar-refractivity contribution in [2.75, 3.05) is 6.54 Å². The minimum Gasteiger partial charge on any atom is -0.481 e. The number of carboxylic acids is 1. The fraction of sp³-hybridized carbons (Fsp3) is 0.333. The van der Waals surface area contributed by atoms with Crippen molar-refractivity contribution in [3.63, 3.8) is 0 Å². The average molecular weight is 378 g/mol. The van der Waals surface area contributed by atoms with E-state index in [2.05, 4.69) is 5.32 Å². The van der Waals surface area contributed by atoms with Gasteiger partial charge in [0, 0.05) is 25.4 Å². The Morgan fingerprint density at radius 3 is 2.48 bits per heavy atom. The summed E-state index contributed by atoms with van der Waals surface area (Å²) < 4.78 is 1.67. The Morgan fingerprint density at radius 2 is 1.83 bits per heavy atom. The Balaban J connectivity index is 2.18. The van der Waals surface area contributed by atoms with Crippen LogP contribution in [0.5, 0.6) is 0 Å². The molecule has 0 atom stereocenters. The molecule has 0 aliphatic carbocycles. The maximum absolute atomic E-state index is 12.4. The summed E-state index contributed by atoms with van der Waals surface area (Å²) in [5.74, 6) is -1.17. The molecular weight excluding hydrogens is 363 g/mol. The van der Waals surface area contributed by atoms with Crippen LogP contribution < -0.4 is 5.32 Å². The summed E-state index contributed by atoms with van der Waals surface area (Å²) >= 11 is 18.3. The highest BCUT2D eigenvalue weighted by molar-refractivity contribution is 6.43. The quantitative estimate of drug-likeness (QED) is 0.744. The number of benzene rings is 1. The molecule has 0 spiro atoms. The summed E-state index contributed by atoms with van der Waals surface area (Å²) in [6.07, 6.45) is 1.16. The van der Waals surface area contributed by atoms with Crippen molar-refractivity contribution in [3.8, 4) is 0 Å². The van der Waals surface area contributed by atoms with Crippen LogP contribution in [-0.2, 0) is 11.8 Å². The maximum atomic E-state index is 12.4. The number of nitrogens with zero attached hydrogens (tertiary/aromatic N) is 1. The van der Waals surface area contributed by atoms with Gasteiger partial charge in [0.05, 0.1) is 21.1 Å². The first-order chi connectivity index (χ1) is 10.8. The van der Waals surface area contributed by atoms with Gasteiger partial charge in [-0.3, -0.25) is 9.59 Å². The van der Waals surface area contributed by atoms with E-state index in [9.17, 15) is 9.59 Å². The Kier molecular flexibility index (Phi) is 5.79. The van der Waals surface area contributed by atoms with Gasteiger partial charge in [-0.25, -0.2) is 0 Å². The highest BCUT2D eigenvalue weighted by Crippen LogP contribution is 2.34. The second-order valence-electron chi connectivity index (χ2n) is 5.12. The number of fused-ring (bicyclic) bond motifs is 1. The molecule has 0 bridgehead atoms. The first-order valence-electron chi connectivity index (χ1n) is 6.96. The van der Waals surface area contributed by atoms with Crippen LogP contribution in [0.15, 0.2) is 12.1 Å². The van der Waals surface area contributed by atoms with Gasteiger partial charge in [0.15, 0.2) is 0 Å². The lowest BCUT2D eigenvalue weighted by atomic mass is 10.1. The smallest absolute Gasteiger partial charge is 0.303 e. The molecule has 0 aliphatic rings. The average Bonchev–Trinajstić information content (AvgIpc) is 2.71. The van der Waals surface area contributed by atoms with E-state index in [1.54, 1.807) is 23.7 Å². The number of amides is 1. The molecular formula is C15H15Cl3N2O3. The van der Waals surface area contributed by atoms with E-state index in [0.717, 1.165) is 0 Å². The SMILES string of the molecule is Cn1c(Cl)c(C(=O)NCCCCC(=O)O)c2cc(Cl)c(Cl)cc21. The minimum atomic E-state index is -0.847. The molecule has 124 valence electrons. The van der Waals surface area contributed by atoms with Crippen LogP contribution in [-0.4, -0.2) is 28.1 Å². The fourth-order valence-electron chi connectivity index (χ4n) is 2.31. The van der Waals surface area contributed by atoms with E-state index in [0.29, 0.717) is 51.1 Å². The van der Waals surface area contributed by atoms with Crippen molar-refractivity contribution in [2.45, 2.75) is 19.3 Å². The summed E-state index contributed by atoms with van der Waals surface area (Å²) in [6.45, 7) is 0.375. The molecule has 0 aliphatic heterocycles. The highest BCUT2D eigenvalue weighted by Gasteiger charge is 2.21. The van der Waals surface area contributed by atoms with Gasteiger partial charge in [-0.15, -0.1) is 0 Å². The van der Waals surface area contributed by atoms with Gasteiger partial charge in [0.1, 0.15) is 5.15 Å².